The van der Waals surface area contributed by atoms with Gasteiger partial charge in [-0.2, -0.15) is 11.8 Å². The molecule has 0 amide bonds. The lowest BCUT2D eigenvalue weighted by Gasteiger charge is -2.34. The number of anilines is 1. The number of aromatic nitrogens is 1. The molecule has 1 aliphatic heterocycles. The number of thioether (sulfide) groups is 1. The monoisotopic (exact) mass is 252 g/mol. The van der Waals surface area contributed by atoms with Gasteiger partial charge in [0.05, 0.1) is 6.61 Å². The molecule has 2 heterocycles. The average Bonchev–Trinajstić information content (AvgIpc) is 2.38. The Labute approximate surface area is 107 Å². The lowest BCUT2D eigenvalue weighted by atomic mass is 10.2. The number of rotatable bonds is 3. The lowest BCUT2D eigenvalue weighted by Crippen LogP contribution is -2.41. The minimum Gasteiger partial charge on any atom is -0.392 e. The number of aliphatic hydroxyl groups is 1. The van der Waals surface area contributed by atoms with Gasteiger partial charge in [0.2, 0.25) is 0 Å². The Bertz CT molecular complexity index is 361. The SMILES string of the molecule is CCc1cc(CO)cc(N2CCSCC2C)n1. The predicted molar refractivity (Wildman–Crippen MR) is 73.7 cm³/mol. The third-order valence-corrected chi connectivity index (χ3v) is 4.32. The Morgan fingerprint density at radius 3 is 3.00 bits per heavy atom. The molecule has 2 rings (SSSR count). The molecule has 1 saturated heterocycles. The highest BCUT2D eigenvalue weighted by Gasteiger charge is 2.20. The third kappa shape index (κ3) is 2.93. The number of hydrogen-bond acceptors (Lipinski definition) is 4. The van der Waals surface area contributed by atoms with Gasteiger partial charge in [0.1, 0.15) is 5.82 Å². The first-order valence-electron chi connectivity index (χ1n) is 6.19. The molecule has 1 aromatic rings. The second-order valence-corrected chi connectivity index (χ2v) is 5.60. The first-order chi connectivity index (χ1) is 8.24. The normalized spacial score (nSPS) is 20.6. The molecule has 94 valence electrons. The van der Waals surface area contributed by atoms with E-state index in [1.165, 1.54) is 0 Å². The van der Waals surface area contributed by atoms with E-state index in [1.54, 1.807) is 0 Å². The maximum atomic E-state index is 9.30. The first kappa shape index (κ1) is 12.7. The van der Waals surface area contributed by atoms with Crippen molar-refractivity contribution in [2.24, 2.45) is 0 Å². The topological polar surface area (TPSA) is 36.4 Å². The minimum absolute atomic E-state index is 0.0967. The molecule has 3 nitrogen and oxygen atoms in total. The van der Waals surface area contributed by atoms with Crippen LogP contribution in [0.4, 0.5) is 5.82 Å². The quantitative estimate of drug-likeness (QED) is 0.893. The molecule has 0 bridgehead atoms. The van der Waals surface area contributed by atoms with E-state index in [-0.39, 0.29) is 6.61 Å². The van der Waals surface area contributed by atoms with Gasteiger partial charge in [0.25, 0.3) is 0 Å². The number of aryl methyl sites for hydroxylation is 1. The van der Waals surface area contributed by atoms with Crippen LogP contribution in [0.1, 0.15) is 25.1 Å². The van der Waals surface area contributed by atoms with Gasteiger partial charge in [-0.15, -0.1) is 0 Å². The molecule has 1 aromatic heterocycles. The van der Waals surface area contributed by atoms with E-state index in [4.69, 9.17) is 0 Å². The Morgan fingerprint density at radius 2 is 2.35 bits per heavy atom. The van der Waals surface area contributed by atoms with Crippen molar-refractivity contribution in [3.8, 4) is 0 Å². The Balaban J connectivity index is 2.29. The van der Waals surface area contributed by atoms with Crippen molar-refractivity contribution in [2.45, 2.75) is 32.9 Å². The highest BCUT2D eigenvalue weighted by atomic mass is 32.2. The summed E-state index contributed by atoms with van der Waals surface area (Å²) in [6.07, 6.45) is 0.914. The van der Waals surface area contributed by atoms with Crippen LogP contribution in [0.15, 0.2) is 12.1 Å². The summed E-state index contributed by atoms with van der Waals surface area (Å²) >= 11 is 2.00. The average molecular weight is 252 g/mol. The summed E-state index contributed by atoms with van der Waals surface area (Å²) in [5, 5.41) is 9.30. The summed E-state index contributed by atoms with van der Waals surface area (Å²) in [4.78, 5) is 7.04. The maximum absolute atomic E-state index is 9.30. The first-order valence-corrected chi connectivity index (χ1v) is 7.35. The minimum atomic E-state index is 0.0967. The zero-order valence-electron chi connectivity index (χ0n) is 10.5. The molecule has 1 aliphatic rings. The molecule has 1 fully saturated rings. The third-order valence-electron chi connectivity index (χ3n) is 3.13. The van der Waals surface area contributed by atoms with Gasteiger partial charge in [-0.3, -0.25) is 0 Å². The van der Waals surface area contributed by atoms with Gasteiger partial charge in [0.15, 0.2) is 0 Å². The van der Waals surface area contributed by atoms with Crippen molar-refractivity contribution in [3.05, 3.63) is 23.4 Å². The fourth-order valence-corrected chi connectivity index (χ4v) is 3.13. The molecule has 1 atom stereocenters. The Morgan fingerprint density at radius 1 is 1.53 bits per heavy atom. The van der Waals surface area contributed by atoms with Gasteiger partial charge in [0, 0.05) is 29.8 Å². The van der Waals surface area contributed by atoms with E-state index in [0.717, 1.165) is 41.5 Å². The van der Waals surface area contributed by atoms with Gasteiger partial charge in [-0.1, -0.05) is 6.92 Å². The highest BCUT2D eigenvalue weighted by Crippen LogP contribution is 2.23. The van der Waals surface area contributed by atoms with E-state index in [2.05, 4.69) is 23.7 Å². The molecule has 1 unspecified atom stereocenters. The van der Waals surface area contributed by atoms with Crippen LogP contribution in [0, 0.1) is 0 Å². The van der Waals surface area contributed by atoms with E-state index in [1.807, 2.05) is 23.9 Å². The van der Waals surface area contributed by atoms with Crippen LogP contribution in [-0.4, -0.2) is 34.2 Å². The number of nitrogens with zero attached hydrogens (tertiary/aromatic N) is 2. The van der Waals surface area contributed by atoms with Crippen molar-refractivity contribution in [2.75, 3.05) is 23.0 Å². The molecule has 17 heavy (non-hydrogen) atoms. The van der Waals surface area contributed by atoms with Crippen LogP contribution in [0.5, 0.6) is 0 Å². The summed E-state index contributed by atoms with van der Waals surface area (Å²) in [5.41, 5.74) is 2.04. The van der Waals surface area contributed by atoms with Crippen molar-refractivity contribution < 1.29 is 5.11 Å². The molecule has 0 aliphatic carbocycles. The maximum Gasteiger partial charge on any atom is 0.129 e. The fourth-order valence-electron chi connectivity index (χ4n) is 2.12. The Kier molecular flexibility index (Phi) is 4.29. The number of pyridine rings is 1. The molecule has 0 saturated carbocycles. The second kappa shape index (κ2) is 5.74. The van der Waals surface area contributed by atoms with E-state index >= 15 is 0 Å². The number of aliphatic hydroxyl groups excluding tert-OH is 1. The van der Waals surface area contributed by atoms with E-state index in [9.17, 15) is 5.11 Å². The zero-order chi connectivity index (χ0) is 12.3. The van der Waals surface area contributed by atoms with E-state index in [0.29, 0.717) is 6.04 Å². The van der Waals surface area contributed by atoms with Crippen LogP contribution in [0.2, 0.25) is 0 Å². The molecular weight excluding hydrogens is 232 g/mol. The molecular formula is C13H20N2OS. The zero-order valence-corrected chi connectivity index (χ0v) is 11.3. The van der Waals surface area contributed by atoms with Crippen LogP contribution in [0.25, 0.3) is 0 Å². The van der Waals surface area contributed by atoms with Crippen molar-refractivity contribution in [1.82, 2.24) is 4.98 Å². The molecule has 4 heteroatoms. The standard InChI is InChI=1S/C13H20N2OS/c1-3-12-6-11(8-16)7-13(14-12)15-4-5-17-9-10(15)2/h6-7,10,16H,3-5,8-9H2,1-2H3. The largest absolute Gasteiger partial charge is 0.392 e. The van der Waals surface area contributed by atoms with Crippen molar-refractivity contribution >= 4 is 17.6 Å². The van der Waals surface area contributed by atoms with Gasteiger partial charge < -0.3 is 10.0 Å². The summed E-state index contributed by atoms with van der Waals surface area (Å²) in [5.74, 6) is 3.35. The molecule has 0 aromatic carbocycles. The highest BCUT2D eigenvalue weighted by molar-refractivity contribution is 7.99. The molecule has 0 radical (unpaired) electrons. The summed E-state index contributed by atoms with van der Waals surface area (Å²) in [7, 11) is 0. The molecule has 1 N–H and O–H groups in total. The Hall–Kier alpha value is -0.740. The summed E-state index contributed by atoms with van der Waals surface area (Å²) in [6, 6.07) is 4.54. The van der Waals surface area contributed by atoms with Crippen LogP contribution in [0.3, 0.4) is 0 Å². The van der Waals surface area contributed by atoms with Crippen molar-refractivity contribution in [3.63, 3.8) is 0 Å². The van der Waals surface area contributed by atoms with Crippen LogP contribution >= 0.6 is 11.8 Å². The smallest absolute Gasteiger partial charge is 0.129 e. The van der Waals surface area contributed by atoms with Crippen LogP contribution in [-0.2, 0) is 13.0 Å². The van der Waals surface area contributed by atoms with Gasteiger partial charge >= 0.3 is 0 Å². The van der Waals surface area contributed by atoms with Gasteiger partial charge in [-0.05, 0) is 31.0 Å². The predicted octanol–water partition coefficient (Wildman–Crippen LogP) is 2.08. The lowest BCUT2D eigenvalue weighted by molar-refractivity contribution is 0.281. The summed E-state index contributed by atoms with van der Waals surface area (Å²) < 4.78 is 0. The number of hydrogen-bond donors (Lipinski definition) is 1. The fraction of sp³-hybridized carbons (Fsp3) is 0.615. The second-order valence-electron chi connectivity index (χ2n) is 4.45. The van der Waals surface area contributed by atoms with Gasteiger partial charge in [-0.25, -0.2) is 4.98 Å². The summed E-state index contributed by atoms with van der Waals surface area (Å²) in [6.45, 7) is 5.49. The molecule has 0 spiro atoms. The van der Waals surface area contributed by atoms with Crippen LogP contribution < -0.4 is 4.90 Å². The van der Waals surface area contributed by atoms with Crippen molar-refractivity contribution in [1.29, 1.82) is 0 Å². The van der Waals surface area contributed by atoms with E-state index < -0.39 is 0 Å².